The van der Waals surface area contributed by atoms with E-state index in [1.165, 1.54) is 46.6 Å². The van der Waals surface area contributed by atoms with Gasteiger partial charge in [-0.1, -0.05) is 17.7 Å². The lowest BCUT2D eigenvalue weighted by atomic mass is 9.98. The average molecular weight is 307 g/mol. The molecular formula is C17H19ClOS. The molecule has 1 aliphatic carbocycles. The van der Waals surface area contributed by atoms with Crippen LogP contribution in [0, 0.1) is 6.92 Å². The van der Waals surface area contributed by atoms with E-state index in [2.05, 4.69) is 25.1 Å². The first-order valence-electron chi connectivity index (χ1n) is 7.09. The normalized spacial score (nSPS) is 15.8. The van der Waals surface area contributed by atoms with Crippen molar-refractivity contribution in [2.45, 2.75) is 38.0 Å². The van der Waals surface area contributed by atoms with Gasteiger partial charge in [0.15, 0.2) is 0 Å². The molecule has 0 saturated carbocycles. The molecule has 2 aromatic rings. The smallest absolute Gasteiger partial charge is 0.123 e. The first kappa shape index (κ1) is 14.0. The summed E-state index contributed by atoms with van der Waals surface area (Å²) < 4.78 is 5.47. The molecule has 106 valence electrons. The molecule has 1 unspecified atom stereocenters. The maximum Gasteiger partial charge on any atom is 0.123 e. The molecule has 0 saturated heterocycles. The molecule has 0 spiro atoms. The average Bonchev–Trinajstić information content (AvgIpc) is 2.90. The van der Waals surface area contributed by atoms with Crippen LogP contribution >= 0.6 is 22.9 Å². The highest BCUT2D eigenvalue weighted by atomic mass is 35.5. The number of aryl methyl sites for hydroxylation is 3. The number of alkyl halides is 1. The van der Waals surface area contributed by atoms with Crippen LogP contribution in [-0.4, -0.2) is 7.11 Å². The van der Waals surface area contributed by atoms with Crippen molar-refractivity contribution in [1.82, 2.24) is 0 Å². The van der Waals surface area contributed by atoms with Crippen LogP contribution in [0.1, 0.15) is 44.7 Å². The maximum atomic E-state index is 6.74. The third kappa shape index (κ3) is 2.59. The molecule has 0 amide bonds. The summed E-state index contributed by atoms with van der Waals surface area (Å²) in [4.78, 5) is 2.78. The van der Waals surface area contributed by atoms with Gasteiger partial charge in [-0.2, -0.15) is 0 Å². The lowest BCUT2D eigenvalue weighted by Crippen LogP contribution is -1.97. The van der Waals surface area contributed by atoms with Gasteiger partial charge in [0, 0.05) is 15.3 Å². The van der Waals surface area contributed by atoms with Crippen molar-refractivity contribution in [2.75, 3.05) is 7.11 Å². The van der Waals surface area contributed by atoms with E-state index in [9.17, 15) is 0 Å². The molecule has 1 atom stereocenters. The fourth-order valence-electron chi connectivity index (χ4n) is 2.84. The zero-order valence-corrected chi connectivity index (χ0v) is 13.5. The summed E-state index contributed by atoms with van der Waals surface area (Å²) in [5.74, 6) is 0.877. The second-order valence-electron chi connectivity index (χ2n) is 5.41. The van der Waals surface area contributed by atoms with Gasteiger partial charge < -0.3 is 4.74 Å². The third-order valence-corrected chi connectivity index (χ3v) is 5.83. The van der Waals surface area contributed by atoms with E-state index in [0.717, 1.165) is 11.3 Å². The van der Waals surface area contributed by atoms with Crippen molar-refractivity contribution < 1.29 is 4.74 Å². The Morgan fingerprint density at radius 2 is 2.00 bits per heavy atom. The molecule has 1 aromatic carbocycles. The number of thiophene rings is 1. The molecule has 0 radical (unpaired) electrons. The van der Waals surface area contributed by atoms with Crippen molar-refractivity contribution in [1.29, 1.82) is 0 Å². The number of hydrogen-bond acceptors (Lipinski definition) is 2. The van der Waals surface area contributed by atoms with Crippen molar-refractivity contribution >= 4 is 22.9 Å². The highest BCUT2D eigenvalue weighted by Gasteiger charge is 2.21. The largest absolute Gasteiger partial charge is 0.496 e. The van der Waals surface area contributed by atoms with Gasteiger partial charge in [0.25, 0.3) is 0 Å². The SMILES string of the molecule is COc1ccc(C)cc1C(Cl)c1cc2c(s1)CCCC2. The fourth-order valence-corrected chi connectivity index (χ4v) is 4.47. The monoisotopic (exact) mass is 306 g/mol. The Bertz CT molecular complexity index is 594. The van der Waals surface area contributed by atoms with E-state index < -0.39 is 0 Å². The van der Waals surface area contributed by atoms with E-state index >= 15 is 0 Å². The van der Waals surface area contributed by atoms with E-state index in [1.54, 1.807) is 7.11 Å². The molecule has 0 fully saturated rings. The lowest BCUT2D eigenvalue weighted by Gasteiger charge is -2.13. The Morgan fingerprint density at radius 3 is 2.75 bits per heavy atom. The van der Waals surface area contributed by atoms with Crippen LogP contribution in [0.4, 0.5) is 0 Å². The summed E-state index contributed by atoms with van der Waals surface area (Å²) in [6.07, 6.45) is 5.05. The van der Waals surface area contributed by atoms with Crippen molar-refractivity contribution in [3.63, 3.8) is 0 Å². The molecule has 3 rings (SSSR count). The Morgan fingerprint density at radius 1 is 1.20 bits per heavy atom. The van der Waals surface area contributed by atoms with E-state index in [-0.39, 0.29) is 5.38 Å². The van der Waals surface area contributed by atoms with Gasteiger partial charge in [0.2, 0.25) is 0 Å². The molecule has 0 bridgehead atoms. The van der Waals surface area contributed by atoms with Crippen LogP contribution in [0.3, 0.4) is 0 Å². The number of fused-ring (bicyclic) bond motifs is 1. The predicted octanol–water partition coefficient (Wildman–Crippen LogP) is 5.27. The second-order valence-corrected chi connectivity index (χ2v) is 7.02. The zero-order chi connectivity index (χ0) is 14.1. The Labute approximate surface area is 129 Å². The molecule has 3 heteroatoms. The molecule has 1 heterocycles. The maximum absolute atomic E-state index is 6.74. The predicted molar refractivity (Wildman–Crippen MR) is 86.4 cm³/mol. The first-order valence-corrected chi connectivity index (χ1v) is 8.34. The minimum Gasteiger partial charge on any atom is -0.496 e. The molecule has 1 aliphatic rings. The molecule has 0 aliphatic heterocycles. The van der Waals surface area contributed by atoms with E-state index in [4.69, 9.17) is 16.3 Å². The highest BCUT2D eigenvalue weighted by molar-refractivity contribution is 7.12. The van der Waals surface area contributed by atoms with Gasteiger partial charge in [-0.3, -0.25) is 0 Å². The van der Waals surface area contributed by atoms with E-state index in [1.807, 2.05) is 17.4 Å². The van der Waals surface area contributed by atoms with Gasteiger partial charge in [0.1, 0.15) is 5.75 Å². The number of halogens is 1. The van der Waals surface area contributed by atoms with Gasteiger partial charge in [-0.25, -0.2) is 0 Å². The summed E-state index contributed by atoms with van der Waals surface area (Å²) >= 11 is 8.61. The molecule has 0 N–H and O–H groups in total. The van der Waals surface area contributed by atoms with Crippen molar-refractivity contribution in [3.8, 4) is 5.75 Å². The van der Waals surface area contributed by atoms with Crippen molar-refractivity contribution in [2.24, 2.45) is 0 Å². The summed E-state index contributed by atoms with van der Waals surface area (Å²) in [5.41, 5.74) is 3.80. The quantitative estimate of drug-likeness (QED) is 0.702. The Balaban J connectivity index is 1.97. The van der Waals surface area contributed by atoms with Crippen LogP contribution in [0.5, 0.6) is 5.75 Å². The number of rotatable bonds is 3. The molecule has 1 nitrogen and oxygen atoms in total. The topological polar surface area (TPSA) is 9.23 Å². The summed E-state index contributed by atoms with van der Waals surface area (Å²) in [7, 11) is 1.71. The van der Waals surface area contributed by atoms with Gasteiger partial charge in [-0.15, -0.1) is 22.9 Å². The summed E-state index contributed by atoms with van der Waals surface area (Å²) in [6.45, 7) is 2.09. The Kier molecular flexibility index (Phi) is 4.04. The van der Waals surface area contributed by atoms with Gasteiger partial charge in [-0.05, 0) is 50.3 Å². The van der Waals surface area contributed by atoms with Gasteiger partial charge in [0.05, 0.1) is 12.5 Å². The van der Waals surface area contributed by atoms with Crippen LogP contribution in [0.25, 0.3) is 0 Å². The fraction of sp³-hybridized carbons (Fsp3) is 0.412. The minimum absolute atomic E-state index is 0.111. The van der Waals surface area contributed by atoms with Crippen LogP contribution < -0.4 is 4.74 Å². The third-order valence-electron chi connectivity index (χ3n) is 3.92. The number of ether oxygens (including phenoxy) is 1. The van der Waals surface area contributed by atoms with Crippen LogP contribution in [0.2, 0.25) is 0 Å². The molecular weight excluding hydrogens is 288 g/mol. The highest BCUT2D eigenvalue weighted by Crippen LogP contribution is 2.41. The summed E-state index contributed by atoms with van der Waals surface area (Å²) in [6, 6.07) is 8.51. The standard InChI is InChI=1S/C17H19ClOS/c1-11-7-8-14(19-2)13(9-11)17(18)16-10-12-5-3-4-6-15(12)20-16/h7-10,17H,3-6H2,1-2H3. The Hall–Kier alpha value is -0.990. The second kappa shape index (κ2) is 5.79. The lowest BCUT2D eigenvalue weighted by molar-refractivity contribution is 0.410. The van der Waals surface area contributed by atoms with Crippen molar-refractivity contribution in [3.05, 3.63) is 50.7 Å². The molecule has 1 aromatic heterocycles. The number of benzene rings is 1. The minimum atomic E-state index is -0.111. The van der Waals surface area contributed by atoms with E-state index in [0.29, 0.717) is 0 Å². The number of methoxy groups -OCH3 is 1. The van der Waals surface area contributed by atoms with Crippen LogP contribution in [0.15, 0.2) is 24.3 Å². The number of hydrogen-bond donors (Lipinski definition) is 0. The van der Waals surface area contributed by atoms with Crippen LogP contribution in [-0.2, 0) is 12.8 Å². The zero-order valence-electron chi connectivity index (χ0n) is 11.9. The summed E-state index contributed by atoms with van der Waals surface area (Å²) in [5, 5.41) is -0.111. The van der Waals surface area contributed by atoms with Gasteiger partial charge >= 0.3 is 0 Å². The first-order chi connectivity index (χ1) is 9.69. The molecule has 20 heavy (non-hydrogen) atoms.